The summed E-state index contributed by atoms with van der Waals surface area (Å²) in [5, 5.41) is 11.9. The fourth-order valence-corrected chi connectivity index (χ4v) is 3.22. The normalized spacial score (nSPS) is 21.9. The van der Waals surface area contributed by atoms with Gasteiger partial charge in [-0.05, 0) is 24.3 Å². The van der Waals surface area contributed by atoms with Crippen molar-refractivity contribution < 1.29 is 19.4 Å². The van der Waals surface area contributed by atoms with Crippen molar-refractivity contribution in [1.82, 2.24) is 10.3 Å². The first kappa shape index (κ1) is 13.7. The Morgan fingerprint density at radius 2 is 2.37 bits per heavy atom. The van der Waals surface area contributed by atoms with E-state index in [0.29, 0.717) is 12.2 Å². The maximum absolute atomic E-state index is 12.2. The van der Waals surface area contributed by atoms with Crippen LogP contribution in [0.1, 0.15) is 16.8 Å². The first-order chi connectivity index (χ1) is 9.09. The largest absolute Gasteiger partial charge is 0.480 e. The SMILES string of the molecule is COc1ncccc1C(=O)NC1(C(=O)O)CCSC1. The van der Waals surface area contributed by atoms with E-state index >= 15 is 0 Å². The van der Waals surface area contributed by atoms with Crippen LogP contribution in [0.2, 0.25) is 0 Å². The Bertz CT molecular complexity index is 500. The quantitative estimate of drug-likeness (QED) is 0.848. The lowest BCUT2D eigenvalue weighted by atomic mass is 9.98. The van der Waals surface area contributed by atoms with Crippen molar-refractivity contribution in [1.29, 1.82) is 0 Å². The number of carboxylic acids is 1. The van der Waals surface area contributed by atoms with Gasteiger partial charge in [-0.25, -0.2) is 9.78 Å². The van der Waals surface area contributed by atoms with Crippen LogP contribution in [0, 0.1) is 0 Å². The second-order valence-electron chi connectivity index (χ2n) is 4.20. The van der Waals surface area contributed by atoms with Crippen LogP contribution in [0.15, 0.2) is 18.3 Å². The number of amides is 1. The van der Waals surface area contributed by atoms with Gasteiger partial charge in [0.15, 0.2) is 0 Å². The van der Waals surface area contributed by atoms with Gasteiger partial charge in [-0.1, -0.05) is 0 Å². The molecule has 1 atom stereocenters. The monoisotopic (exact) mass is 282 g/mol. The summed E-state index contributed by atoms with van der Waals surface area (Å²) in [6.45, 7) is 0. The van der Waals surface area contributed by atoms with Gasteiger partial charge in [0.1, 0.15) is 11.1 Å². The van der Waals surface area contributed by atoms with Gasteiger partial charge in [-0.15, -0.1) is 0 Å². The number of thioether (sulfide) groups is 1. The summed E-state index contributed by atoms with van der Waals surface area (Å²) in [6.07, 6.45) is 1.93. The van der Waals surface area contributed by atoms with Crippen molar-refractivity contribution in [2.24, 2.45) is 0 Å². The molecule has 1 amide bonds. The molecular weight excluding hydrogens is 268 g/mol. The molecule has 0 spiro atoms. The second-order valence-corrected chi connectivity index (χ2v) is 5.31. The standard InChI is InChI=1S/C12H14N2O4S/c1-18-10-8(3-2-5-13-10)9(15)14-12(11(16)17)4-6-19-7-12/h2-3,5H,4,6-7H2,1H3,(H,14,15)(H,16,17). The number of hydrogen-bond donors (Lipinski definition) is 2. The molecule has 1 saturated heterocycles. The molecule has 1 aliphatic heterocycles. The summed E-state index contributed by atoms with van der Waals surface area (Å²) >= 11 is 1.51. The van der Waals surface area contributed by atoms with Crippen molar-refractivity contribution in [2.75, 3.05) is 18.6 Å². The Labute approximate surface area is 114 Å². The maximum Gasteiger partial charge on any atom is 0.330 e. The molecule has 1 aliphatic rings. The molecule has 6 nitrogen and oxygen atoms in total. The third-order valence-corrected chi connectivity index (χ3v) is 4.18. The first-order valence-corrected chi connectivity index (χ1v) is 6.87. The molecule has 1 aromatic rings. The van der Waals surface area contributed by atoms with E-state index in [0.717, 1.165) is 5.75 Å². The Balaban J connectivity index is 2.23. The number of carboxylic acid groups (broad SMARTS) is 1. The Kier molecular flexibility index (Phi) is 3.94. The highest BCUT2D eigenvalue weighted by Crippen LogP contribution is 2.29. The fraction of sp³-hybridized carbons (Fsp3) is 0.417. The van der Waals surface area contributed by atoms with Crippen LogP contribution in [0.4, 0.5) is 0 Å². The number of aromatic nitrogens is 1. The molecule has 0 radical (unpaired) electrons. The van der Waals surface area contributed by atoms with E-state index in [9.17, 15) is 14.7 Å². The molecule has 0 aliphatic carbocycles. The summed E-state index contributed by atoms with van der Waals surface area (Å²) in [5.41, 5.74) is -0.953. The molecule has 2 rings (SSSR count). The third-order valence-electron chi connectivity index (χ3n) is 2.99. The van der Waals surface area contributed by atoms with Gasteiger partial charge in [-0.2, -0.15) is 11.8 Å². The molecule has 0 saturated carbocycles. The highest BCUT2D eigenvalue weighted by Gasteiger charge is 2.43. The molecule has 0 bridgehead atoms. The number of ether oxygens (including phenoxy) is 1. The number of pyridine rings is 1. The predicted octanol–water partition coefficient (Wildman–Crippen LogP) is 0.780. The van der Waals surface area contributed by atoms with Crippen molar-refractivity contribution in [3.63, 3.8) is 0 Å². The number of aliphatic carboxylic acids is 1. The van der Waals surface area contributed by atoms with Crippen LogP contribution >= 0.6 is 11.8 Å². The zero-order valence-corrected chi connectivity index (χ0v) is 11.2. The van der Waals surface area contributed by atoms with Gasteiger partial charge in [-0.3, -0.25) is 4.79 Å². The van der Waals surface area contributed by atoms with Crippen LogP contribution in [0.5, 0.6) is 5.88 Å². The molecule has 1 fully saturated rings. The van der Waals surface area contributed by atoms with Crippen molar-refractivity contribution in [3.8, 4) is 5.88 Å². The van der Waals surface area contributed by atoms with E-state index in [1.165, 1.54) is 25.1 Å². The Morgan fingerprint density at radius 1 is 1.58 bits per heavy atom. The summed E-state index contributed by atoms with van der Waals surface area (Å²) < 4.78 is 5.00. The van der Waals surface area contributed by atoms with E-state index in [2.05, 4.69) is 10.3 Å². The van der Waals surface area contributed by atoms with E-state index < -0.39 is 17.4 Å². The fourth-order valence-electron chi connectivity index (χ4n) is 1.90. The number of methoxy groups -OCH3 is 1. The van der Waals surface area contributed by atoms with E-state index in [1.807, 2.05) is 0 Å². The average Bonchev–Trinajstić information content (AvgIpc) is 2.88. The molecule has 0 aromatic carbocycles. The van der Waals surface area contributed by atoms with Gasteiger partial charge in [0.2, 0.25) is 5.88 Å². The lowest BCUT2D eigenvalue weighted by Gasteiger charge is -2.24. The molecule has 2 N–H and O–H groups in total. The predicted molar refractivity (Wildman–Crippen MR) is 70.6 cm³/mol. The van der Waals surface area contributed by atoms with Gasteiger partial charge in [0.05, 0.1) is 7.11 Å². The number of hydrogen-bond acceptors (Lipinski definition) is 5. The summed E-state index contributed by atoms with van der Waals surface area (Å²) in [4.78, 5) is 27.5. The number of nitrogens with zero attached hydrogens (tertiary/aromatic N) is 1. The summed E-state index contributed by atoms with van der Waals surface area (Å²) in [7, 11) is 1.41. The minimum atomic E-state index is -1.19. The minimum absolute atomic E-state index is 0.186. The average molecular weight is 282 g/mol. The topological polar surface area (TPSA) is 88.5 Å². The molecule has 2 heterocycles. The lowest BCUT2D eigenvalue weighted by Crippen LogP contribution is -2.54. The number of carbonyl (C=O) groups is 2. The summed E-state index contributed by atoms with van der Waals surface area (Å²) in [6, 6.07) is 3.16. The zero-order valence-electron chi connectivity index (χ0n) is 10.4. The molecular formula is C12H14N2O4S. The number of rotatable bonds is 4. The van der Waals surface area contributed by atoms with E-state index in [-0.39, 0.29) is 11.4 Å². The lowest BCUT2D eigenvalue weighted by molar-refractivity contribution is -0.143. The Hall–Kier alpha value is -1.76. The van der Waals surface area contributed by atoms with E-state index in [4.69, 9.17) is 4.74 Å². The Morgan fingerprint density at radius 3 is 2.95 bits per heavy atom. The second kappa shape index (κ2) is 5.48. The third kappa shape index (κ3) is 2.65. The zero-order chi connectivity index (χ0) is 13.9. The maximum atomic E-state index is 12.2. The summed E-state index contributed by atoms with van der Waals surface area (Å²) in [5.74, 6) is -0.206. The molecule has 1 unspecified atom stereocenters. The van der Waals surface area contributed by atoms with Crippen molar-refractivity contribution >= 4 is 23.6 Å². The van der Waals surface area contributed by atoms with Gasteiger partial charge in [0, 0.05) is 11.9 Å². The van der Waals surface area contributed by atoms with Crippen molar-refractivity contribution in [2.45, 2.75) is 12.0 Å². The molecule has 1 aromatic heterocycles. The number of nitrogens with one attached hydrogen (secondary N) is 1. The van der Waals surface area contributed by atoms with Crippen molar-refractivity contribution in [3.05, 3.63) is 23.9 Å². The van der Waals surface area contributed by atoms with Gasteiger partial charge in [0.25, 0.3) is 5.91 Å². The minimum Gasteiger partial charge on any atom is -0.480 e. The smallest absolute Gasteiger partial charge is 0.330 e. The van der Waals surface area contributed by atoms with E-state index in [1.54, 1.807) is 12.1 Å². The highest BCUT2D eigenvalue weighted by molar-refractivity contribution is 7.99. The molecule has 19 heavy (non-hydrogen) atoms. The van der Waals surface area contributed by atoms with Crippen LogP contribution in [-0.4, -0.2) is 46.1 Å². The molecule has 102 valence electrons. The van der Waals surface area contributed by atoms with Gasteiger partial charge < -0.3 is 15.2 Å². The van der Waals surface area contributed by atoms with Crippen LogP contribution in [0.3, 0.4) is 0 Å². The first-order valence-electron chi connectivity index (χ1n) is 5.72. The van der Waals surface area contributed by atoms with Crippen LogP contribution in [0.25, 0.3) is 0 Å². The van der Waals surface area contributed by atoms with Gasteiger partial charge >= 0.3 is 5.97 Å². The van der Waals surface area contributed by atoms with Crippen LogP contribution in [-0.2, 0) is 4.79 Å². The molecule has 7 heteroatoms. The number of carbonyl (C=O) groups excluding carboxylic acids is 1. The van der Waals surface area contributed by atoms with Crippen LogP contribution < -0.4 is 10.1 Å². The highest BCUT2D eigenvalue weighted by atomic mass is 32.2.